The molecule has 0 atom stereocenters. The van der Waals surface area contributed by atoms with Crippen LogP contribution >= 0.6 is 0 Å². The lowest BCUT2D eigenvalue weighted by Gasteiger charge is -2.24. The second-order valence-corrected chi connectivity index (χ2v) is 6.99. The molecule has 23 heavy (non-hydrogen) atoms. The summed E-state index contributed by atoms with van der Waals surface area (Å²) in [6, 6.07) is 8.91. The minimum absolute atomic E-state index is 0.0771. The lowest BCUT2D eigenvalue weighted by molar-refractivity contribution is 0.244. The summed E-state index contributed by atoms with van der Waals surface area (Å²) in [5, 5.41) is 9.68. The third-order valence-corrected chi connectivity index (χ3v) is 5.04. The molecule has 0 heterocycles. The lowest BCUT2D eigenvalue weighted by Crippen LogP contribution is -2.39. The maximum Gasteiger partial charge on any atom is 0.319 e. The first-order valence-electron chi connectivity index (χ1n) is 9.24. The molecule has 0 bridgehead atoms. The van der Waals surface area contributed by atoms with E-state index in [0.29, 0.717) is 12.1 Å². The Hall–Kier alpha value is -1.71. The van der Waals surface area contributed by atoms with Crippen LogP contribution in [0.15, 0.2) is 24.3 Å². The topological polar surface area (TPSA) is 53.2 Å². The predicted octanol–water partition coefficient (Wildman–Crippen LogP) is 4.89. The van der Waals surface area contributed by atoms with E-state index in [4.69, 9.17) is 0 Å². The number of urea groups is 1. The van der Waals surface area contributed by atoms with Gasteiger partial charge < -0.3 is 16.0 Å². The van der Waals surface area contributed by atoms with Gasteiger partial charge in [0.1, 0.15) is 0 Å². The minimum atomic E-state index is -0.0771. The summed E-state index contributed by atoms with van der Waals surface area (Å²) in [6.45, 7) is 0. The van der Waals surface area contributed by atoms with Gasteiger partial charge in [0.15, 0.2) is 0 Å². The Morgan fingerprint density at radius 2 is 1.43 bits per heavy atom. The molecule has 3 rings (SSSR count). The van der Waals surface area contributed by atoms with Crippen LogP contribution in [0.25, 0.3) is 0 Å². The average Bonchev–Trinajstić information content (AvgIpc) is 2.57. The van der Waals surface area contributed by atoms with Gasteiger partial charge in [-0.05, 0) is 43.9 Å². The van der Waals surface area contributed by atoms with E-state index in [9.17, 15) is 4.79 Å². The Kier molecular flexibility index (Phi) is 5.78. The highest BCUT2D eigenvalue weighted by molar-refractivity contribution is 5.90. The van der Waals surface area contributed by atoms with Crippen LogP contribution in [0.2, 0.25) is 0 Å². The van der Waals surface area contributed by atoms with Crippen LogP contribution in [-0.2, 0) is 0 Å². The van der Waals surface area contributed by atoms with Crippen molar-refractivity contribution in [2.45, 2.75) is 76.3 Å². The van der Waals surface area contributed by atoms with Gasteiger partial charge >= 0.3 is 6.03 Å². The number of anilines is 2. The summed E-state index contributed by atoms with van der Waals surface area (Å²) in [7, 11) is 0. The molecule has 0 spiro atoms. The third kappa shape index (κ3) is 5.15. The molecule has 126 valence electrons. The van der Waals surface area contributed by atoms with Gasteiger partial charge in [0.2, 0.25) is 0 Å². The van der Waals surface area contributed by atoms with Gasteiger partial charge in [0, 0.05) is 23.5 Å². The third-order valence-electron chi connectivity index (χ3n) is 5.04. The number of amides is 2. The van der Waals surface area contributed by atoms with Crippen LogP contribution in [0.4, 0.5) is 16.2 Å². The van der Waals surface area contributed by atoms with Crippen molar-refractivity contribution in [3.05, 3.63) is 24.3 Å². The van der Waals surface area contributed by atoms with Gasteiger partial charge in [-0.1, -0.05) is 44.6 Å². The number of hydrogen-bond donors (Lipinski definition) is 3. The molecule has 2 saturated carbocycles. The summed E-state index contributed by atoms with van der Waals surface area (Å²) in [4.78, 5) is 12.1. The van der Waals surface area contributed by atoms with E-state index in [1.165, 1.54) is 51.4 Å². The number of carbonyl (C=O) groups excluding carboxylic acids is 1. The molecule has 1 aromatic carbocycles. The molecule has 3 N–H and O–H groups in total. The van der Waals surface area contributed by atoms with Crippen molar-refractivity contribution in [2.75, 3.05) is 10.6 Å². The number of nitrogens with one attached hydrogen (secondary N) is 3. The minimum Gasteiger partial charge on any atom is -0.382 e. The molecule has 0 aliphatic heterocycles. The molecule has 2 amide bonds. The molecular weight excluding hydrogens is 286 g/mol. The molecule has 0 saturated heterocycles. The van der Waals surface area contributed by atoms with Crippen LogP contribution < -0.4 is 16.0 Å². The van der Waals surface area contributed by atoms with E-state index in [2.05, 4.69) is 22.0 Å². The van der Waals surface area contributed by atoms with Crippen LogP contribution in [0.5, 0.6) is 0 Å². The van der Waals surface area contributed by atoms with Crippen molar-refractivity contribution in [3.63, 3.8) is 0 Å². The first kappa shape index (κ1) is 16.2. The van der Waals surface area contributed by atoms with E-state index in [-0.39, 0.29) is 6.03 Å². The quantitative estimate of drug-likeness (QED) is 0.741. The van der Waals surface area contributed by atoms with E-state index in [1.807, 2.05) is 18.2 Å². The molecule has 2 aliphatic carbocycles. The SMILES string of the molecule is O=C(Nc1cccc(NC2CCCCC2)c1)NC1CCCCC1. The predicted molar refractivity (Wildman–Crippen MR) is 96.0 cm³/mol. The summed E-state index contributed by atoms with van der Waals surface area (Å²) in [5.41, 5.74) is 1.96. The fraction of sp³-hybridized carbons (Fsp3) is 0.632. The molecule has 0 unspecified atom stereocenters. The summed E-state index contributed by atoms with van der Waals surface area (Å²) in [6.07, 6.45) is 12.5. The van der Waals surface area contributed by atoms with E-state index >= 15 is 0 Å². The van der Waals surface area contributed by atoms with Gasteiger partial charge in [-0.15, -0.1) is 0 Å². The monoisotopic (exact) mass is 315 g/mol. The van der Waals surface area contributed by atoms with Crippen molar-refractivity contribution in [2.24, 2.45) is 0 Å². The van der Waals surface area contributed by atoms with Crippen LogP contribution in [-0.4, -0.2) is 18.1 Å². The summed E-state index contributed by atoms with van der Waals surface area (Å²) in [5.74, 6) is 0. The zero-order valence-corrected chi connectivity index (χ0v) is 13.9. The Morgan fingerprint density at radius 3 is 2.13 bits per heavy atom. The maximum absolute atomic E-state index is 12.1. The fourth-order valence-electron chi connectivity index (χ4n) is 3.77. The first-order chi connectivity index (χ1) is 11.3. The number of benzene rings is 1. The van der Waals surface area contributed by atoms with Crippen molar-refractivity contribution >= 4 is 17.4 Å². The number of hydrogen-bond acceptors (Lipinski definition) is 2. The smallest absolute Gasteiger partial charge is 0.319 e. The Bertz CT molecular complexity index is 505. The number of rotatable bonds is 4. The molecule has 0 radical (unpaired) electrons. The van der Waals surface area contributed by atoms with Crippen molar-refractivity contribution in [3.8, 4) is 0 Å². The highest BCUT2D eigenvalue weighted by atomic mass is 16.2. The molecule has 0 aromatic heterocycles. The molecular formula is C19H29N3O. The van der Waals surface area contributed by atoms with E-state index in [1.54, 1.807) is 0 Å². The molecule has 4 heteroatoms. The second-order valence-electron chi connectivity index (χ2n) is 6.99. The highest BCUT2D eigenvalue weighted by Crippen LogP contribution is 2.23. The zero-order chi connectivity index (χ0) is 15.9. The molecule has 2 aliphatic rings. The van der Waals surface area contributed by atoms with Crippen molar-refractivity contribution < 1.29 is 4.79 Å². The Balaban J connectivity index is 1.50. The van der Waals surface area contributed by atoms with Gasteiger partial charge in [-0.25, -0.2) is 4.79 Å². The van der Waals surface area contributed by atoms with Gasteiger partial charge in [-0.3, -0.25) is 0 Å². The fourth-order valence-corrected chi connectivity index (χ4v) is 3.77. The maximum atomic E-state index is 12.1. The standard InChI is InChI=1S/C19H29N3O/c23-19(21-16-10-5-2-6-11-16)22-18-13-7-12-17(14-18)20-15-8-3-1-4-9-15/h7,12-16,20H,1-6,8-11H2,(H2,21,22,23). The van der Waals surface area contributed by atoms with Crippen LogP contribution in [0, 0.1) is 0 Å². The van der Waals surface area contributed by atoms with Crippen LogP contribution in [0.1, 0.15) is 64.2 Å². The summed E-state index contributed by atoms with van der Waals surface area (Å²) >= 11 is 0. The van der Waals surface area contributed by atoms with Gasteiger partial charge in [0.05, 0.1) is 0 Å². The van der Waals surface area contributed by atoms with Crippen molar-refractivity contribution in [1.82, 2.24) is 5.32 Å². The van der Waals surface area contributed by atoms with E-state index in [0.717, 1.165) is 24.2 Å². The molecule has 2 fully saturated rings. The van der Waals surface area contributed by atoms with Gasteiger partial charge in [-0.2, -0.15) is 0 Å². The van der Waals surface area contributed by atoms with Crippen molar-refractivity contribution in [1.29, 1.82) is 0 Å². The van der Waals surface area contributed by atoms with Crippen LogP contribution in [0.3, 0.4) is 0 Å². The normalized spacial score (nSPS) is 20.0. The summed E-state index contributed by atoms with van der Waals surface area (Å²) < 4.78 is 0. The first-order valence-corrected chi connectivity index (χ1v) is 9.24. The molecule has 1 aromatic rings. The van der Waals surface area contributed by atoms with E-state index < -0.39 is 0 Å². The highest BCUT2D eigenvalue weighted by Gasteiger charge is 2.16. The van der Waals surface area contributed by atoms with Gasteiger partial charge in [0.25, 0.3) is 0 Å². The Morgan fingerprint density at radius 1 is 0.826 bits per heavy atom. The zero-order valence-electron chi connectivity index (χ0n) is 13.9. The average molecular weight is 315 g/mol. The largest absolute Gasteiger partial charge is 0.382 e. The molecule has 4 nitrogen and oxygen atoms in total. The lowest BCUT2D eigenvalue weighted by atomic mass is 9.95. The number of carbonyl (C=O) groups is 1. The second kappa shape index (κ2) is 8.23. The Labute approximate surface area is 139 Å².